The van der Waals surface area contributed by atoms with Crippen LogP contribution in [0.5, 0.6) is 0 Å². The van der Waals surface area contributed by atoms with Crippen LogP contribution in [-0.4, -0.2) is 24.0 Å². The average molecular weight is 390 g/mol. The summed E-state index contributed by atoms with van der Waals surface area (Å²) in [6.45, 7) is 2.07. The molecule has 0 aliphatic heterocycles. The molecule has 1 aromatic rings. The van der Waals surface area contributed by atoms with Gasteiger partial charge < -0.3 is 10.6 Å². The Bertz CT molecular complexity index is 683. The first-order chi connectivity index (χ1) is 12.9. The minimum Gasteiger partial charge on any atom is -0.332 e. The van der Waals surface area contributed by atoms with Gasteiger partial charge in [-0.25, -0.2) is 4.79 Å². The zero-order valence-electron chi connectivity index (χ0n) is 15.8. The fraction of sp³-hybridized carbons (Fsp3) is 0.619. The van der Waals surface area contributed by atoms with Gasteiger partial charge >= 0.3 is 6.03 Å². The molecule has 5 rings (SSSR count). The highest BCUT2D eigenvalue weighted by Crippen LogP contribution is 2.55. The van der Waals surface area contributed by atoms with Crippen molar-refractivity contribution in [3.05, 3.63) is 34.9 Å². The predicted octanol–water partition coefficient (Wildman–Crippen LogP) is 3.79. The van der Waals surface area contributed by atoms with E-state index < -0.39 is 0 Å². The first-order valence-corrected chi connectivity index (χ1v) is 10.4. The number of benzene rings is 1. The molecule has 4 saturated carbocycles. The fourth-order valence-electron chi connectivity index (χ4n) is 5.82. The molecule has 146 valence electrons. The van der Waals surface area contributed by atoms with Gasteiger partial charge in [0.05, 0.1) is 6.54 Å². The van der Waals surface area contributed by atoms with Crippen LogP contribution in [0, 0.1) is 17.8 Å². The number of halogens is 1. The fourth-order valence-corrected chi connectivity index (χ4v) is 5.95. The van der Waals surface area contributed by atoms with Gasteiger partial charge in [0.25, 0.3) is 0 Å². The van der Waals surface area contributed by atoms with Crippen LogP contribution in [0.15, 0.2) is 24.3 Å². The van der Waals surface area contributed by atoms with E-state index in [-0.39, 0.29) is 30.1 Å². The van der Waals surface area contributed by atoms with Crippen molar-refractivity contribution in [1.82, 2.24) is 16.0 Å². The van der Waals surface area contributed by atoms with Gasteiger partial charge in [0, 0.05) is 16.6 Å². The van der Waals surface area contributed by atoms with Crippen molar-refractivity contribution in [2.75, 3.05) is 6.54 Å². The molecule has 6 heteroatoms. The second kappa shape index (κ2) is 7.44. The van der Waals surface area contributed by atoms with Crippen molar-refractivity contribution in [3.63, 3.8) is 0 Å². The number of amides is 3. The number of carbonyl (C=O) groups excluding carboxylic acids is 2. The molecule has 3 amide bonds. The molecule has 5 nitrogen and oxygen atoms in total. The smallest absolute Gasteiger partial charge is 0.321 e. The minimum atomic E-state index is -0.345. The van der Waals surface area contributed by atoms with Gasteiger partial charge in [-0.3, -0.25) is 10.1 Å². The molecule has 3 N–H and O–H groups in total. The molecule has 0 radical (unpaired) electrons. The van der Waals surface area contributed by atoms with Gasteiger partial charge in [-0.05, 0) is 80.9 Å². The maximum Gasteiger partial charge on any atom is 0.321 e. The van der Waals surface area contributed by atoms with E-state index in [9.17, 15) is 9.59 Å². The molecule has 1 atom stereocenters. The molecule has 0 saturated heterocycles. The largest absolute Gasteiger partial charge is 0.332 e. The summed E-state index contributed by atoms with van der Waals surface area (Å²) in [7, 11) is 0. The highest BCUT2D eigenvalue weighted by molar-refractivity contribution is 6.30. The van der Waals surface area contributed by atoms with E-state index in [1.807, 2.05) is 31.2 Å². The number of hydrogen-bond acceptors (Lipinski definition) is 3. The van der Waals surface area contributed by atoms with Crippen molar-refractivity contribution in [2.24, 2.45) is 17.8 Å². The summed E-state index contributed by atoms with van der Waals surface area (Å²) < 4.78 is 0. The molecule has 0 aromatic heterocycles. The van der Waals surface area contributed by atoms with Gasteiger partial charge in [-0.15, -0.1) is 0 Å². The van der Waals surface area contributed by atoms with Crippen molar-refractivity contribution < 1.29 is 9.59 Å². The molecule has 27 heavy (non-hydrogen) atoms. The van der Waals surface area contributed by atoms with E-state index in [4.69, 9.17) is 11.6 Å². The molecular formula is C21H28ClN3O2. The van der Waals surface area contributed by atoms with Gasteiger partial charge in [0.2, 0.25) is 5.91 Å². The van der Waals surface area contributed by atoms with Crippen LogP contribution < -0.4 is 16.0 Å². The summed E-state index contributed by atoms with van der Waals surface area (Å²) in [5.74, 6) is 1.97. The lowest BCUT2D eigenvalue weighted by molar-refractivity contribution is -0.119. The molecule has 4 aliphatic rings. The van der Waals surface area contributed by atoms with Crippen LogP contribution in [-0.2, 0) is 4.79 Å². The standard InChI is InChI=1S/C21H28ClN3O2/c1-13(17-2-4-18(22)5-3-17)23-12-19(26)24-20(27)25-21-9-14-6-15(10-21)8-16(7-14)11-21/h2-5,13-16,23H,6-12H2,1H3,(H2,24,25,26,27)/t13-,14?,15?,16?,21?/m0/s1. The third-order valence-electron chi connectivity index (χ3n) is 6.61. The van der Waals surface area contributed by atoms with Crippen LogP contribution >= 0.6 is 11.6 Å². The number of hydrogen-bond donors (Lipinski definition) is 3. The maximum absolute atomic E-state index is 12.4. The van der Waals surface area contributed by atoms with Crippen LogP contribution in [0.1, 0.15) is 57.1 Å². The Balaban J connectivity index is 1.25. The maximum atomic E-state index is 12.4. The first kappa shape index (κ1) is 18.8. The summed E-state index contributed by atoms with van der Waals surface area (Å²) in [6.07, 6.45) is 7.21. The van der Waals surface area contributed by atoms with E-state index in [0.717, 1.165) is 42.6 Å². The van der Waals surface area contributed by atoms with Crippen LogP contribution in [0.2, 0.25) is 5.02 Å². The zero-order chi connectivity index (χ0) is 19.0. The van der Waals surface area contributed by atoms with Gasteiger partial charge in [0.15, 0.2) is 0 Å². The summed E-state index contributed by atoms with van der Waals surface area (Å²) in [5, 5.41) is 9.50. The number of carbonyl (C=O) groups is 2. The molecule has 4 fully saturated rings. The van der Waals surface area contributed by atoms with Crippen LogP contribution in [0.25, 0.3) is 0 Å². The number of nitrogens with one attached hydrogen (secondary N) is 3. The molecule has 0 spiro atoms. The predicted molar refractivity (Wildman–Crippen MR) is 105 cm³/mol. The van der Waals surface area contributed by atoms with E-state index in [1.165, 1.54) is 19.3 Å². The Morgan fingerprint density at radius 2 is 1.63 bits per heavy atom. The third kappa shape index (κ3) is 4.30. The summed E-state index contributed by atoms with van der Waals surface area (Å²) in [6, 6.07) is 7.17. The lowest BCUT2D eigenvalue weighted by Crippen LogP contribution is -2.62. The van der Waals surface area contributed by atoms with E-state index in [2.05, 4.69) is 16.0 Å². The molecule has 4 aliphatic carbocycles. The highest BCUT2D eigenvalue weighted by atomic mass is 35.5. The minimum absolute atomic E-state index is 0.000712. The van der Waals surface area contributed by atoms with Crippen molar-refractivity contribution in [2.45, 2.75) is 57.0 Å². The summed E-state index contributed by atoms with van der Waals surface area (Å²) in [4.78, 5) is 24.6. The van der Waals surface area contributed by atoms with Crippen LogP contribution in [0.3, 0.4) is 0 Å². The van der Waals surface area contributed by atoms with E-state index in [0.29, 0.717) is 5.02 Å². The van der Waals surface area contributed by atoms with Crippen molar-refractivity contribution >= 4 is 23.5 Å². The second-order valence-electron chi connectivity index (χ2n) is 8.85. The SMILES string of the molecule is C[C@H](NCC(=O)NC(=O)NC12CC3CC(CC(C3)C1)C2)c1ccc(Cl)cc1. The Hall–Kier alpha value is -1.59. The number of rotatable bonds is 5. The van der Waals surface area contributed by atoms with Gasteiger partial charge in [-0.2, -0.15) is 0 Å². The van der Waals surface area contributed by atoms with Crippen LogP contribution in [0.4, 0.5) is 4.79 Å². The number of imide groups is 1. The Morgan fingerprint density at radius 1 is 1.07 bits per heavy atom. The van der Waals surface area contributed by atoms with Crippen molar-refractivity contribution in [3.8, 4) is 0 Å². The monoisotopic (exact) mass is 389 g/mol. The second-order valence-corrected chi connectivity index (χ2v) is 9.29. The summed E-state index contributed by atoms with van der Waals surface area (Å²) in [5.41, 5.74) is 0.966. The van der Waals surface area contributed by atoms with Gasteiger partial charge in [-0.1, -0.05) is 23.7 Å². The molecule has 0 heterocycles. The Kier molecular flexibility index (Phi) is 5.17. The summed E-state index contributed by atoms with van der Waals surface area (Å²) >= 11 is 5.90. The quantitative estimate of drug-likeness (QED) is 0.717. The Labute approximate surface area is 165 Å². The molecule has 4 bridgehead atoms. The van der Waals surface area contributed by atoms with E-state index in [1.54, 1.807) is 0 Å². The topological polar surface area (TPSA) is 70.2 Å². The first-order valence-electron chi connectivity index (χ1n) is 10.0. The highest BCUT2D eigenvalue weighted by Gasteiger charge is 2.51. The van der Waals surface area contributed by atoms with Gasteiger partial charge in [0.1, 0.15) is 0 Å². The van der Waals surface area contributed by atoms with Crippen molar-refractivity contribution in [1.29, 1.82) is 0 Å². The average Bonchev–Trinajstić information content (AvgIpc) is 2.58. The molecule has 0 unspecified atom stereocenters. The third-order valence-corrected chi connectivity index (χ3v) is 6.86. The Morgan fingerprint density at radius 3 is 2.19 bits per heavy atom. The molecule has 1 aromatic carbocycles. The molecular weight excluding hydrogens is 362 g/mol. The number of urea groups is 1. The zero-order valence-corrected chi connectivity index (χ0v) is 16.5. The lowest BCUT2D eigenvalue weighted by Gasteiger charge is -2.56. The normalized spacial score (nSPS) is 32.1. The van der Waals surface area contributed by atoms with E-state index >= 15 is 0 Å². The lowest BCUT2D eigenvalue weighted by atomic mass is 9.53.